The molecule has 94 valence electrons. The van der Waals surface area contributed by atoms with Crippen molar-refractivity contribution in [3.05, 3.63) is 35.8 Å². The van der Waals surface area contributed by atoms with E-state index in [1.54, 1.807) is 6.92 Å². The van der Waals surface area contributed by atoms with E-state index < -0.39 is 0 Å². The van der Waals surface area contributed by atoms with Crippen molar-refractivity contribution in [2.75, 3.05) is 26.2 Å². The van der Waals surface area contributed by atoms with Crippen molar-refractivity contribution in [2.24, 2.45) is 0 Å². The van der Waals surface area contributed by atoms with Gasteiger partial charge in [-0.15, -0.1) is 9.24 Å². The van der Waals surface area contributed by atoms with Gasteiger partial charge >= 0.3 is 0 Å². The summed E-state index contributed by atoms with van der Waals surface area (Å²) in [6, 6.07) is 0. The maximum Gasteiger partial charge on any atom is 0.219 e. The minimum atomic E-state index is 0.174. The maximum atomic E-state index is 11.2. The number of hydrogen-bond acceptors (Lipinski definition) is 2. The monoisotopic (exact) mass is 252 g/mol. The Kier molecular flexibility index (Phi) is 5.99. The number of rotatable bonds is 3. The van der Waals surface area contributed by atoms with Crippen LogP contribution in [0, 0.1) is 0 Å². The van der Waals surface area contributed by atoms with E-state index in [2.05, 4.69) is 26.3 Å². The zero-order valence-electron chi connectivity index (χ0n) is 10.6. The lowest BCUT2D eigenvalue weighted by molar-refractivity contribution is -0.130. The predicted molar refractivity (Wildman–Crippen MR) is 75.6 cm³/mol. The minimum absolute atomic E-state index is 0.174. The number of allylic oxidation sites excluding steroid dienone is 4. The molecule has 0 saturated carbocycles. The van der Waals surface area contributed by atoms with E-state index in [-0.39, 0.29) is 5.91 Å². The largest absolute Gasteiger partial charge is 0.368 e. The highest BCUT2D eigenvalue weighted by Gasteiger charge is 2.18. The molecule has 1 saturated heterocycles. The Morgan fingerprint density at radius 2 is 1.71 bits per heavy atom. The molecule has 1 aliphatic rings. The van der Waals surface area contributed by atoms with Gasteiger partial charge in [0.2, 0.25) is 5.91 Å². The van der Waals surface area contributed by atoms with Crippen LogP contribution in [-0.4, -0.2) is 41.9 Å². The minimum Gasteiger partial charge on any atom is -0.368 e. The summed E-state index contributed by atoms with van der Waals surface area (Å²) >= 11 is 0. The van der Waals surface area contributed by atoms with Gasteiger partial charge in [-0.2, -0.15) is 0 Å². The molecule has 0 N–H and O–H groups in total. The van der Waals surface area contributed by atoms with Crippen LogP contribution in [0.3, 0.4) is 0 Å². The lowest BCUT2D eigenvalue weighted by Gasteiger charge is -2.36. The molecule has 1 heterocycles. The molecule has 1 amide bonds. The van der Waals surface area contributed by atoms with Gasteiger partial charge in [0.25, 0.3) is 0 Å². The highest BCUT2D eigenvalue weighted by molar-refractivity contribution is 7.20. The second-order valence-corrected chi connectivity index (χ2v) is 4.34. The van der Waals surface area contributed by atoms with Crippen molar-refractivity contribution in [1.82, 2.24) is 9.80 Å². The first kappa shape index (κ1) is 14.0. The van der Waals surface area contributed by atoms with Crippen LogP contribution in [0.2, 0.25) is 0 Å². The molecule has 0 bridgehead atoms. The first-order chi connectivity index (χ1) is 8.19. The van der Waals surface area contributed by atoms with Gasteiger partial charge in [-0.25, -0.2) is 0 Å². The van der Waals surface area contributed by atoms with Gasteiger partial charge in [-0.05, 0) is 13.0 Å². The van der Waals surface area contributed by atoms with E-state index in [4.69, 9.17) is 0 Å². The number of carbonyl (C=O) groups excluding carboxylic acids is 1. The van der Waals surface area contributed by atoms with Crippen LogP contribution < -0.4 is 0 Å². The van der Waals surface area contributed by atoms with Crippen molar-refractivity contribution >= 4 is 15.1 Å². The Labute approximate surface area is 106 Å². The summed E-state index contributed by atoms with van der Waals surface area (Å²) < 4.78 is 0. The van der Waals surface area contributed by atoms with Crippen molar-refractivity contribution in [1.29, 1.82) is 0 Å². The Morgan fingerprint density at radius 1 is 1.12 bits per heavy atom. The lowest BCUT2D eigenvalue weighted by atomic mass is 10.2. The molecule has 3 nitrogen and oxygen atoms in total. The molecule has 1 fully saturated rings. The zero-order valence-corrected chi connectivity index (χ0v) is 11.7. The molecule has 0 spiro atoms. The molecule has 0 aromatic carbocycles. The third-order valence-electron chi connectivity index (χ3n) is 2.88. The normalized spacial score (nSPS) is 18.4. The Bertz CT molecular complexity index is 339. The van der Waals surface area contributed by atoms with Gasteiger partial charge in [0.1, 0.15) is 0 Å². The van der Waals surface area contributed by atoms with Crippen molar-refractivity contribution in [3.63, 3.8) is 0 Å². The average Bonchev–Trinajstić information content (AvgIpc) is 2.35. The fraction of sp³-hybridized carbons (Fsp3) is 0.462. The molecule has 1 unspecified atom stereocenters. The number of piperazine rings is 1. The summed E-state index contributed by atoms with van der Waals surface area (Å²) in [7, 11) is 2.55. The van der Waals surface area contributed by atoms with Crippen LogP contribution in [0.5, 0.6) is 0 Å². The molecule has 0 aromatic rings. The number of carbonyl (C=O) groups is 1. The standard InChI is InChI=1S/C13H21N2OP/c1-3-13(6-4-5-11-17)15-9-7-14(8-10-15)12(2)16/h3-6,11H,7-10,17H2,1-2H3/b6-4-,11-5+,13-3+. The van der Waals surface area contributed by atoms with Crippen LogP contribution in [0.1, 0.15) is 13.8 Å². The van der Waals surface area contributed by atoms with E-state index in [1.165, 1.54) is 5.70 Å². The molecular weight excluding hydrogens is 231 g/mol. The molecule has 0 radical (unpaired) electrons. The number of nitrogens with zero attached hydrogens (tertiary/aromatic N) is 2. The number of hydrogen-bond donors (Lipinski definition) is 0. The average molecular weight is 252 g/mol. The Hall–Kier alpha value is -1.08. The molecule has 17 heavy (non-hydrogen) atoms. The molecular formula is C13H21N2OP. The Morgan fingerprint density at radius 3 is 2.18 bits per heavy atom. The molecule has 0 aliphatic carbocycles. The zero-order chi connectivity index (χ0) is 12.7. The molecule has 4 heteroatoms. The van der Waals surface area contributed by atoms with Crippen LogP contribution in [-0.2, 0) is 4.79 Å². The lowest BCUT2D eigenvalue weighted by Crippen LogP contribution is -2.47. The van der Waals surface area contributed by atoms with E-state index >= 15 is 0 Å². The van der Waals surface area contributed by atoms with Gasteiger partial charge in [-0.3, -0.25) is 4.79 Å². The highest BCUT2D eigenvalue weighted by atomic mass is 31.0. The van der Waals surface area contributed by atoms with Crippen LogP contribution in [0.15, 0.2) is 35.8 Å². The van der Waals surface area contributed by atoms with Gasteiger partial charge in [0.05, 0.1) is 0 Å². The van der Waals surface area contributed by atoms with E-state index in [0.717, 1.165) is 26.2 Å². The fourth-order valence-electron chi connectivity index (χ4n) is 1.88. The number of amides is 1. The third kappa shape index (κ3) is 4.35. The second-order valence-electron chi connectivity index (χ2n) is 3.95. The van der Waals surface area contributed by atoms with Gasteiger partial charge in [0.15, 0.2) is 0 Å². The molecule has 1 aliphatic heterocycles. The molecule has 0 aromatic heterocycles. The van der Waals surface area contributed by atoms with Crippen LogP contribution >= 0.6 is 9.24 Å². The highest BCUT2D eigenvalue weighted by Crippen LogP contribution is 2.11. The summed E-state index contributed by atoms with van der Waals surface area (Å²) in [4.78, 5) is 15.4. The summed E-state index contributed by atoms with van der Waals surface area (Å²) in [6.45, 7) is 7.14. The Balaban J connectivity index is 2.54. The second kappa shape index (κ2) is 7.29. The predicted octanol–water partition coefficient (Wildman–Crippen LogP) is 2.00. The quantitative estimate of drug-likeness (QED) is 0.566. The summed E-state index contributed by atoms with van der Waals surface area (Å²) in [5.41, 5.74) is 1.22. The summed E-state index contributed by atoms with van der Waals surface area (Å²) in [5.74, 6) is 2.10. The van der Waals surface area contributed by atoms with Crippen LogP contribution in [0.4, 0.5) is 0 Å². The van der Waals surface area contributed by atoms with Gasteiger partial charge in [-0.1, -0.05) is 24.0 Å². The van der Waals surface area contributed by atoms with E-state index in [0.29, 0.717) is 0 Å². The van der Waals surface area contributed by atoms with Crippen LogP contribution in [0.25, 0.3) is 0 Å². The van der Waals surface area contributed by atoms with Crippen molar-refractivity contribution < 1.29 is 4.79 Å². The SMILES string of the molecule is C\C=C(/C=C\C=C\P)N1CCN(C(C)=O)CC1. The molecule has 1 rings (SSSR count). The first-order valence-corrected chi connectivity index (χ1v) is 6.57. The smallest absolute Gasteiger partial charge is 0.219 e. The van der Waals surface area contributed by atoms with Crippen molar-refractivity contribution in [2.45, 2.75) is 13.8 Å². The maximum absolute atomic E-state index is 11.2. The third-order valence-corrected chi connectivity index (χ3v) is 3.10. The fourth-order valence-corrected chi connectivity index (χ4v) is 2.01. The summed E-state index contributed by atoms with van der Waals surface area (Å²) in [6.07, 6.45) is 8.22. The first-order valence-electron chi connectivity index (χ1n) is 5.90. The molecule has 1 atom stereocenters. The van der Waals surface area contributed by atoms with Crippen molar-refractivity contribution in [3.8, 4) is 0 Å². The summed E-state index contributed by atoms with van der Waals surface area (Å²) in [5, 5.41) is 0. The van der Waals surface area contributed by atoms with Gasteiger partial charge in [0, 0.05) is 38.8 Å². The van der Waals surface area contributed by atoms with E-state index in [1.807, 2.05) is 29.8 Å². The van der Waals surface area contributed by atoms with E-state index in [9.17, 15) is 4.79 Å². The van der Waals surface area contributed by atoms with Gasteiger partial charge < -0.3 is 9.80 Å². The topological polar surface area (TPSA) is 23.6 Å².